The first-order valence-electron chi connectivity index (χ1n) is 7.81. The summed E-state index contributed by atoms with van der Waals surface area (Å²) in [7, 11) is 1.89. The molecular formula is C16H23N3O2. The quantitative estimate of drug-likeness (QED) is 0.845. The maximum atomic E-state index is 12.4. The number of carbonyl (C=O) groups is 1. The molecule has 2 atom stereocenters. The lowest BCUT2D eigenvalue weighted by molar-refractivity contribution is -0.126. The molecular weight excluding hydrogens is 266 g/mol. The van der Waals surface area contributed by atoms with Gasteiger partial charge in [0, 0.05) is 26.4 Å². The number of nitrogens with zero attached hydrogens (tertiary/aromatic N) is 2. The largest absolute Gasteiger partial charge is 0.371 e. The average Bonchev–Trinajstić information content (AvgIpc) is 3.18. The molecule has 2 heterocycles. The zero-order chi connectivity index (χ0) is 14.7. The molecule has 0 unspecified atom stereocenters. The molecule has 3 rings (SSSR count). The summed E-state index contributed by atoms with van der Waals surface area (Å²) in [6, 6.07) is 1.93. The summed E-state index contributed by atoms with van der Waals surface area (Å²) in [4.78, 5) is 12.4. The van der Waals surface area contributed by atoms with Crippen LogP contribution in [0.15, 0.2) is 23.9 Å². The molecule has 1 aromatic heterocycles. The highest BCUT2D eigenvalue weighted by Gasteiger charge is 2.36. The van der Waals surface area contributed by atoms with E-state index in [2.05, 4.69) is 16.5 Å². The zero-order valence-electron chi connectivity index (χ0n) is 12.5. The molecule has 1 fully saturated rings. The number of nitrogens with one attached hydrogen (secondary N) is 1. The first-order valence-corrected chi connectivity index (χ1v) is 7.81. The number of carbonyl (C=O) groups excluding carboxylic acids is 1. The van der Waals surface area contributed by atoms with Gasteiger partial charge >= 0.3 is 0 Å². The van der Waals surface area contributed by atoms with Gasteiger partial charge in [-0.3, -0.25) is 9.48 Å². The molecule has 1 amide bonds. The molecule has 5 heteroatoms. The lowest BCUT2D eigenvalue weighted by Crippen LogP contribution is -2.33. The third-order valence-corrected chi connectivity index (χ3v) is 4.46. The fourth-order valence-electron chi connectivity index (χ4n) is 3.25. The Morgan fingerprint density at radius 1 is 1.57 bits per heavy atom. The van der Waals surface area contributed by atoms with E-state index in [4.69, 9.17) is 4.74 Å². The monoisotopic (exact) mass is 289 g/mol. The van der Waals surface area contributed by atoms with Crippen LogP contribution in [0.1, 0.15) is 43.9 Å². The molecule has 0 aromatic carbocycles. The van der Waals surface area contributed by atoms with Gasteiger partial charge in [-0.15, -0.1) is 0 Å². The number of hydrogen-bond acceptors (Lipinski definition) is 3. The Morgan fingerprint density at radius 2 is 2.48 bits per heavy atom. The molecule has 0 saturated carbocycles. The Labute approximate surface area is 125 Å². The van der Waals surface area contributed by atoms with Crippen LogP contribution < -0.4 is 5.32 Å². The highest BCUT2D eigenvalue weighted by molar-refractivity contribution is 5.79. The van der Waals surface area contributed by atoms with E-state index in [0.29, 0.717) is 6.61 Å². The molecule has 5 nitrogen and oxygen atoms in total. The van der Waals surface area contributed by atoms with Gasteiger partial charge in [-0.1, -0.05) is 11.6 Å². The minimum absolute atomic E-state index is 0.0991. The van der Waals surface area contributed by atoms with Crippen molar-refractivity contribution in [2.24, 2.45) is 13.0 Å². The van der Waals surface area contributed by atoms with Crippen molar-refractivity contribution in [3.8, 4) is 0 Å². The summed E-state index contributed by atoms with van der Waals surface area (Å²) in [6.07, 6.45) is 9.32. The normalized spacial score (nSPS) is 25.1. The summed E-state index contributed by atoms with van der Waals surface area (Å²) in [5.74, 6) is 0.00949. The van der Waals surface area contributed by atoms with Crippen molar-refractivity contribution in [3.05, 3.63) is 29.6 Å². The molecule has 0 bridgehead atoms. The molecule has 2 aliphatic rings. The van der Waals surface area contributed by atoms with Crippen LogP contribution in [-0.2, 0) is 16.6 Å². The molecule has 1 aromatic rings. The van der Waals surface area contributed by atoms with Crippen LogP contribution >= 0.6 is 0 Å². The van der Waals surface area contributed by atoms with E-state index in [9.17, 15) is 4.79 Å². The van der Waals surface area contributed by atoms with Crippen LogP contribution in [0.4, 0.5) is 0 Å². The number of aromatic nitrogens is 2. The van der Waals surface area contributed by atoms with Gasteiger partial charge in [-0.25, -0.2) is 0 Å². The van der Waals surface area contributed by atoms with Gasteiger partial charge in [0.05, 0.1) is 11.6 Å². The number of rotatable bonds is 5. The van der Waals surface area contributed by atoms with E-state index in [1.165, 1.54) is 24.8 Å². The van der Waals surface area contributed by atoms with Crippen molar-refractivity contribution in [2.75, 3.05) is 13.2 Å². The van der Waals surface area contributed by atoms with E-state index < -0.39 is 0 Å². The fraction of sp³-hybridized carbons (Fsp3) is 0.625. The second-order valence-electron chi connectivity index (χ2n) is 5.86. The molecule has 1 saturated heterocycles. The van der Waals surface area contributed by atoms with Crippen molar-refractivity contribution < 1.29 is 9.53 Å². The number of hydrogen-bond donors (Lipinski definition) is 1. The molecule has 0 spiro atoms. The Bertz CT molecular complexity index is 535. The zero-order valence-corrected chi connectivity index (χ0v) is 12.5. The smallest absolute Gasteiger partial charge is 0.226 e. The van der Waals surface area contributed by atoms with E-state index in [0.717, 1.165) is 25.1 Å². The lowest BCUT2D eigenvalue weighted by atomic mass is 9.98. The first kappa shape index (κ1) is 14.3. The molecule has 1 N–H and O–H groups in total. The average molecular weight is 289 g/mol. The Kier molecular flexibility index (Phi) is 4.39. The molecule has 0 radical (unpaired) electrons. The maximum Gasteiger partial charge on any atom is 0.226 e. The standard InChI is InChI=1S/C16H23N3O2/c1-19-14(7-10-18-19)15-13(8-11-21-15)16(20)17-9-6-12-4-2-3-5-12/h4,7,10,13,15H,2-3,5-6,8-9,11H2,1H3,(H,17,20)/t13-,15-/m1/s1. The summed E-state index contributed by atoms with van der Waals surface area (Å²) in [5.41, 5.74) is 2.47. The number of aryl methyl sites for hydroxylation is 1. The predicted molar refractivity (Wildman–Crippen MR) is 79.6 cm³/mol. The second-order valence-corrected chi connectivity index (χ2v) is 5.86. The van der Waals surface area contributed by atoms with Gasteiger partial charge in [0.2, 0.25) is 5.91 Å². The van der Waals surface area contributed by atoms with Gasteiger partial charge in [0.15, 0.2) is 0 Å². The van der Waals surface area contributed by atoms with Crippen LogP contribution in [0, 0.1) is 5.92 Å². The third-order valence-electron chi connectivity index (χ3n) is 4.46. The fourth-order valence-corrected chi connectivity index (χ4v) is 3.25. The van der Waals surface area contributed by atoms with Gasteiger partial charge in [-0.2, -0.15) is 5.10 Å². The molecule has 21 heavy (non-hydrogen) atoms. The third kappa shape index (κ3) is 3.18. The highest BCUT2D eigenvalue weighted by atomic mass is 16.5. The maximum absolute atomic E-state index is 12.4. The lowest BCUT2D eigenvalue weighted by Gasteiger charge is -2.18. The first-order chi connectivity index (χ1) is 10.3. The number of ether oxygens (including phenoxy) is 1. The van der Waals surface area contributed by atoms with Crippen LogP contribution in [0.2, 0.25) is 0 Å². The van der Waals surface area contributed by atoms with E-state index >= 15 is 0 Å². The summed E-state index contributed by atoms with van der Waals surface area (Å²) < 4.78 is 7.55. The van der Waals surface area contributed by atoms with Crippen molar-refractivity contribution in [1.29, 1.82) is 0 Å². The Hall–Kier alpha value is -1.62. The summed E-state index contributed by atoms with van der Waals surface area (Å²) >= 11 is 0. The van der Waals surface area contributed by atoms with Crippen LogP contribution in [0.3, 0.4) is 0 Å². The van der Waals surface area contributed by atoms with E-state index in [1.54, 1.807) is 10.9 Å². The van der Waals surface area contributed by atoms with Crippen LogP contribution in [-0.4, -0.2) is 28.8 Å². The summed E-state index contributed by atoms with van der Waals surface area (Å²) in [5, 5.41) is 7.24. The van der Waals surface area contributed by atoms with Gasteiger partial charge in [0.1, 0.15) is 6.10 Å². The van der Waals surface area contributed by atoms with Gasteiger partial charge in [-0.05, 0) is 38.2 Å². The molecule has 1 aliphatic heterocycles. The Morgan fingerprint density at radius 3 is 3.19 bits per heavy atom. The van der Waals surface area contributed by atoms with Crippen molar-refractivity contribution in [1.82, 2.24) is 15.1 Å². The van der Waals surface area contributed by atoms with E-state index in [-0.39, 0.29) is 17.9 Å². The Balaban J connectivity index is 1.54. The van der Waals surface area contributed by atoms with Crippen LogP contribution in [0.25, 0.3) is 0 Å². The highest BCUT2D eigenvalue weighted by Crippen LogP contribution is 2.34. The predicted octanol–water partition coefficient (Wildman–Crippen LogP) is 2.11. The van der Waals surface area contributed by atoms with Gasteiger partial charge < -0.3 is 10.1 Å². The summed E-state index contributed by atoms with van der Waals surface area (Å²) in [6.45, 7) is 1.37. The second kappa shape index (κ2) is 6.43. The minimum atomic E-state index is -0.164. The topological polar surface area (TPSA) is 56.2 Å². The number of amides is 1. The van der Waals surface area contributed by atoms with Crippen molar-refractivity contribution in [2.45, 2.75) is 38.2 Å². The minimum Gasteiger partial charge on any atom is -0.371 e. The van der Waals surface area contributed by atoms with E-state index in [1.807, 2.05) is 13.1 Å². The van der Waals surface area contributed by atoms with Crippen LogP contribution in [0.5, 0.6) is 0 Å². The SMILES string of the molecule is Cn1nccc1[C@@H]1OCC[C@H]1C(=O)NCCC1=CCCC1. The van der Waals surface area contributed by atoms with Gasteiger partial charge in [0.25, 0.3) is 0 Å². The van der Waals surface area contributed by atoms with Crippen molar-refractivity contribution >= 4 is 5.91 Å². The molecule has 1 aliphatic carbocycles. The van der Waals surface area contributed by atoms with Crippen molar-refractivity contribution in [3.63, 3.8) is 0 Å². The molecule has 114 valence electrons. The number of allylic oxidation sites excluding steroid dienone is 1.